The average molecular weight is 541 g/mol. The number of pyridine rings is 1. The number of sulfone groups is 1. The van der Waals surface area contributed by atoms with E-state index in [-0.39, 0.29) is 11.5 Å². The topological polar surface area (TPSA) is 62.7 Å². The lowest BCUT2D eigenvalue weighted by atomic mass is 9.93. The van der Waals surface area contributed by atoms with E-state index in [9.17, 15) is 8.42 Å². The minimum Gasteiger partial charge on any atom is -0.475 e. The van der Waals surface area contributed by atoms with Gasteiger partial charge in [0.15, 0.2) is 15.6 Å². The van der Waals surface area contributed by atoms with Gasteiger partial charge in [-0.2, -0.15) is 0 Å². The Bertz CT molecular complexity index is 1020. The Morgan fingerprint density at radius 1 is 1.17 bits per heavy atom. The van der Waals surface area contributed by atoms with Crippen molar-refractivity contribution in [3.8, 4) is 5.75 Å². The Labute approximate surface area is 192 Å². The van der Waals surface area contributed by atoms with E-state index in [1.54, 1.807) is 0 Å². The van der Waals surface area contributed by atoms with Crippen molar-refractivity contribution in [1.82, 2.24) is 14.8 Å². The molecule has 1 aromatic carbocycles. The molecule has 0 N–H and O–H groups in total. The standard InChI is InChI=1S/C22H28IN3O3S/c23-18-3-5-19(6-4-18)26-14-17-12-16(13-25-8-10-30(27,28)11-9-25)20-2-1-7-24-21(20)22(17)29-15-26/h1-2,7,12,18-19H,3-6,8-11,13-15H2. The zero-order valence-electron chi connectivity index (χ0n) is 17.1. The number of nitrogens with zero attached hydrogens (tertiary/aromatic N) is 3. The van der Waals surface area contributed by atoms with Crippen LogP contribution in [-0.4, -0.2) is 64.5 Å². The quantitative estimate of drug-likeness (QED) is 0.439. The number of aromatic nitrogens is 1. The number of benzene rings is 1. The van der Waals surface area contributed by atoms with Crippen molar-refractivity contribution >= 4 is 43.3 Å². The predicted molar refractivity (Wildman–Crippen MR) is 127 cm³/mol. The van der Waals surface area contributed by atoms with Crippen LogP contribution in [0.5, 0.6) is 5.75 Å². The second-order valence-corrected chi connectivity index (χ2v) is 12.8. The van der Waals surface area contributed by atoms with E-state index in [0.29, 0.717) is 25.9 Å². The number of fused-ring (bicyclic) bond motifs is 3. The first-order chi connectivity index (χ1) is 14.5. The van der Waals surface area contributed by atoms with Gasteiger partial charge in [0.05, 0.1) is 11.5 Å². The number of rotatable bonds is 3. The molecule has 1 saturated carbocycles. The Morgan fingerprint density at radius 3 is 2.70 bits per heavy atom. The van der Waals surface area contributed by atoms with Crippen molar-refractivity contribution in [3.63, 3.8) is 0 Å². The van der Waals surface area contributed by atoms with Gasteiger partial charge in [0, 0.05) is 53.3 Å². The first kappa shape index (κ1) is 20.9. The first-order valence-electron chi connectivity index (χ1n) is 10.8. The summed E-state index contributed by atoms with van der Waals surface area (Å²) in [5.41, 5.74) is 3.37. The van der Waals surface area contributed by atoms with Crippen molar-refractivity contribution in [2.45, 2.75) is 48.7 Å². The molecule has 162 valence electrons. The van der Waals surface area contributed by atoms with Gasteiger partial charge in [-0.15, -0.1) is 0 Å². The minimum atomic E-state index is -2.87. The van der Waals surface area contributed by atoms with Crippen LogP contribution in [-0.2, 0) is 22.9 Å². The van der Waals surface area contributed by atoms with Gasteiger partial charge in [0.2, 0.25) is 0 Å². The largest absolute Gasteiger partial charge is 0.475 e. The second kappa shape index (κ2) is 8.52. The summed E-state index contributed by atoms with van der Waals surface area (Å²) in [5.74, 6) is 1.43. The molecule has 1 saturated heterocycles. The van der Waals surface area contributed by atoms with Gasteiger partial charge < -0.3 is 4.74 Å². The van der Waals surface area contributed by atoms with Crippen LogP contribution in [0.3, 0.4) is 0 Å². The number of hydrogen-bond donors (Lipinski definition) is 0. The SMILES string of the molecule is O=S1(=O)CCN(Cc2cc3c(c4ncccc24)OCN(C2CCC(I)CC2)C3)CC1. The Balaban J connectivity index is 1.42. The van der Waals surface area contributed by atoms with E-state index in [1.165, 1.54) is 36.8 Å². The Kier molecular flexibility index (Phi) is 5.94. The van der Waals surface area contributed by atoms with Crippen LogP contribution >= 0.6 is 22.6 Å². The van der Waals surface area contributed by atoms with Gasteiger partial charge in [-0.25, -0.2) is 8.42 Å². The summed E-state index contributed by atoms with van der Waals surface area (Å²) >= 11 is 2.58. The molecule has 3 aliphatic rings. The molecule has 1 aliphatic carbocycles. The third kappa shape index (κ3) is 4.33. The van der Waals surface area contributed by atoms with Crippen LogP contribution < -0.4 is 4.74 Å². The molecule has 30 heavy (non-hydrogen) atoms. The molecular weight excluding hydrogens is 513 g/mol. The van der Waals surface area contributed by atoms with Crippen LogP contribution in [0.4, 0.5) is 0 Å². The molecule has 0 atom stereocenters. The zero-order chi connectivity index (χ0) is 20.7. The number of alkyl halides is 1. The van der Waals surface area contributed by atoms with Crippen LogP contribution in [0.2, 0.25) is 0 Å². The van der Waals surface area contributed by atoms with E-state index >= 15 is 0 Å². The highest BCUT2D eigenvalue weighted by Gasteiger charge is 2.30. The third-order valence-corrected chi connectivity index (χ3v) is 9.59. The number of halogens is 1. The van der Waals surface area contributed by atoms with Crippen molar-refractivity contribution in [2.75, 3.05) is 31.3 Å². The Hall–Kier alpha value is -0.970. The fourth-order valence-electron chi connectivity index (χ4n) is 4.96. The lowest BCUT2D eigenvalue weighted by molar-refractivity contribution is 0.0424. The maximum absolute atomic E-state index is 11.8. The van der Waals surface area contributed by atoms with E-state index in [4.69, 9.17) is 4.74 Å². The van der Waals surface area contributed by atoms with Gasteiger partial charge in [-0.1, -0.05) is 28.7 Å². The highest BCUT2D eigenvalue weighted by atomic mass is 127. The summed E-state index contributed by atoms with van der Waals surface area (Å²) in [5, 5.41) is 1.11. The van der Waals surface area contributed by atoms with Crippen LogP contribution in [0.1, 0.15) is 36.8 Å². The molecule has 3 heterocycles. The predicted octanol–water partition coefficient (Wildman–Crippen LogP) is 3.36. The maximum Gasteiger partial charge on any atom is 0.152 e. The molecule has 1 aromatic heterocycles. The molecule has 2 aromatic rings. The fraction of sp³-hybridized carbons (Fsp3) is 0.591. The minimum absolute atomic E-state index is 0.254. The monoisotopic (exact) mass is 541 g/mol. The summed E-state index contributed by atoms with van der Waals surface area (Å²) in [4.78, 5) is 9.39. The molecule has 0 bridgehead atoms. The molecule has 8 heteroatoms. The molecule has 0 spiro atoms. The van der Waals surface area contributed by atoms with Crippen LogP contribution in [0, 0.1) is 0 Å². The molecule has 0 unspecified atom stereocenters. The van der Waals surface area contributed by atoms with E-state index < -0.39 is 9.84 Å². The van der Waals surface area contributed by atoms with Gasteiger partial charge in [-0.3, -0.25) is 14.8 Å². The highest BCUT2D eigenvalue weighted by Crippen LogP contribution is 2.37. The fourth-order valence-corrected chi connectivity index (χ4v) is 6.95. The molecule has 5 rings (SSSR count). The molecule has 0 amide bonds. The second-order valence-electron chi connectivity index (χ2n) is 8.78. The lowest BCUT2D eigenvalue weighted by Gasteiger charge is -2.38. The number of ether oxygens (including phenoxy) is 1. The summed E-state index contributed by atoms with van der Waals surface area (Å²) in [6, 6.07) is 6.95. The summed E-state index contributed by atoms with van der Waals surface area (Å²) in [6.07, 6.45) is 6.89. The number of hydrogen-bond acceptors (Lipinski definition) is 6. The van der Waals surface area contributed by atoms with Gasteiger partial charge in [0.25, 0.3) is 0 Å². The van der Waals surface area contributed by atoms with Crippen molar-refractivity contribution in [2.24, 2.45) is 0 Å². The van der Waals surface area contributed by atoms with E-state index in [0.717, 1.165) is 33.7 Å². The molecule has 0 radical (unpaired) electrons. The van der Waals surface area contributed by atoms with Crippen molar-refractivity contribution in [3.05, 3.63) is 35.5 Å². The first-order valence-corrected chi connectivity index (χ1v) is 13.9. The maximum atomic E-state index is 11.8. The summed E-state index contributed by atoms with van der Waals surface area (Å²) < 4.78 is 30.7. The van der Waals surface area contributed by atoms with E-state index in [1.807, 2.05) is 12.3 Å². The molecule has 2 fully saturated rings. The Morgan fingerprint density at radius 2 is 1.93 bits per heavy atom. The van der Waals surface area contributed by atoms with Crippen LogP contribution in [0.25, 0.3) is 10.9 Å². The average Bonchev–Trinajstić information content (AvgIpc) is 2.75. The normalized spacial score (nSPS) is 27.5. The summed E-state index contributed by atoms with van der Waals surface area (Å²) in [6.45, 7) is 3.50. The van der Waals surface area contributed by atoms with Crippen molar-refractivity contribution < 1.29 is 13.2 Å². The zero-order valence-corrected chi connectivity index (χ0v) is 20.1. The smallest absolute Gasteiger partial charge is 0.152 e. The highest BCUT2D eigenvalue weighted by molar-refractivity contribution is 14.1. The van der Waals surface area contributed by atoms with Crippen molar-refractivity contribution in [1.29, 1.82) is 0 Å². The summed E-state index contributed by atoms with van der Waals surface area (Å²) in [7, 11) is -2.87. The van der Waals surface area contributed by atoms with Crippen LogP contribution in [0.15, 0.2) is 24.4 Å². The van der Waals surface area contributed by atoms with Gasteiger partial charge >= 0.3 is 0 Å². The molecule has 2 aliphatic heterocycles. The van der Waals surface area contributed by atoms with E-state index in [2.05, 4.69) is 49.5 Å². The molecular formula is C22H28IN3O3S. The van der Waals surface area contributed by atoms with Gasteiger partial charge in [-0.05, 0) is 43.4 Å². The lowest BCUT2D eigenvalue weighted by Crippen LogP contribution is -2.42. The van der Waals surface area contributed by atoms with Gasteiger partial charge in [0.1, 0.15) is 12.2 Å². The molecule has 6 nitrogen and oxygen atoms in total. The third-order valence-electron chi connectivity index (χ3n) is 6.73.